The first kappa shape index (κ1) is 12.9. The van der Waals surface area contributed by atoms with Crippen LogP contribution >= 0.6 is 0 Å². The van der Waals surface area contributed by atoms with Gasteiger partial charge in [-0.1, -0.05) is 6.07 Å². The van der Waals surface area contributed by atoms with E-state index in [9.17, 15) is 4.79 Å². The minimum absolute atomic E-state index is 0.00674. The lowest BCUT2D eigenvalue weighted by atomic mass is 9.92. The summed E-state index contributed by atoms with van der Waals surface area (Å²) in [6.45, 7) is 1.79. The average molecular weight is 247 g/mol. The summed E-state index contributed by atoms with van der Waals surface area (Å²) >= 11 is 0. The van der Waals surface area contributed by atoms with Crippen LogP contribution in [0.4, 0.5) is 0 Å². The topological polar surface area (TPSA) is 29.5 Å². The van der Waals surface area contributed by atoms with Crippen molar-refractivity contribution in [2.45, 2.75) is 38.7 Å². The van der Waals surface area contributed by atoms with Crippen LogP contribution < -0.4 is 4.74 Å². The van der Waals surface area contributed by atoms with Gasteiger partial charge >= 0.3 is 0 Å². The molecule has 3 heteroatoms. The first-order valence-corrected chi connectivity index (χ1v) is 6.57. The summed E-state index contributed by atoms with van der Waals surface area (Å²) in [6, 6.07) is 6.20. The molecule has 1 amide bonds. The smallest absolute Gasteiger partial charge is 0.262 e. The zero-order chi connectivity index (χ0) is 13.1. The minimum atomic E-state index is -0.429. The van der Waals surface area contributed by atoms with Crippen molar-refractivity contribution in [1.29, 1.82) is 0 Å². The van der Waals surface area contributed by atoms with Crippen molar-refractivity contribution in [1.82, 2.24) is 4.90 Å². The van der Waals surface area contributed by atoms with Gasteiger partial charge in [-0.3, -0.25) is 4.79 Å². The van der Waals surface area contributed by atoms with Gasteiger partial charge in [-0.05, 0) is 55.9 Å². The van der Waals surface area contributed by atoms with E-state index >= 15 is 0 Å². The third kappa shape index (κ3) is 2.84. The van der Waals surface area contributed by atoms with E-state index in [0.717, 1.165) is 12.2 Å². The second-order valence-electron chi connectivity index (χ2n) is 5.13. The first-order valence-electron chi connectivity index (χ1n) is 6.57. The van der Waals surface area contributed by atoms with Gasteiger partial charge in [0.2, 0.25) is 0 Å². The Labute approximate surface area is 109 Å². The lowest BCUT2D eigenvalue weighted by Gasteiger charge is -2.20. The fraction of sp³-hybridized carbons (Fsp3) is 0.533. The number of rotatable bonds is 3. The Morgan fingerprint density at radius 2 is 1.89 bits per heavy atom. The summed E-state index contributed by atoms with van der Waals surface area (Å²) in [6.07, 6.45) is 4.40. The lowest BCUT2D eigenvalue weighted by molar-refractivity contribution is -0.135. The van der Waals surface area contributed by atoms with Crippen LogP contribution in [0.2, 0.25) is 0 Å². The van der Waals surface area contributed by atoms with Crippen molar-refractivity contribution in [2.75, 3.05) is 14.1 Å². The van der Waals surface area contributed by atoms with Crippen LogP contribution in [-0.4, -0.2) is 31.0 Å². The van der Waals surface area contributed by atoms with Gasteiger partial charge in [-0.15, -0.1) is 0 Å². The van der Waals surface area contributed by atoms with Gasteiger partial charge in [0, 0.05) is 14.1 Å². The Kier molecular flexibility index (Phi) is 3.90. The number of hydrogen-bond donors (Lipinski definition) is 0. The van der Waals surface area contributed by atoms with Crippen LogP contribution in [0.25, 0.3) is 0 Å². The van der Waals surface area contributed by atoms with Crippen molar-refractivity contribution < 1.29 is 9.53 Å². The Bertz CT molecular complexity index is 440. The highest BCUT2D eigenvalue weighted by molar-refractivity contribution is 5.80. The van der Waals surface area contributed by atoms with Gasteiger partial charge in [0.25, 0.3) is 5.91 Å². The van der Waals surface area contributed by atoms with E-state index in [0.29, 0.717) is 0 Å². The van der Waals surface area contributed by atoms with Gasteiger partial charge in [0.05, 0.1) is 0 Å². The van der Waals surface area contributed by atoms with Crippen LogP contribution in [0.5, 0.6) is 5.75 Å². The van der Waals surface area contributed by atoms with Crippen molar-refractivity contribution in [3.63, 3.8) is 0 Å². The van der Waals surface area contributed by atoms with Crippen molar-refractivity contribution in [3.05, 3.63) is 29.3 Å². The molecule has 0 fully saturated rings. The van der Waals surface area contributed by atoms with Gasteiger partial charge in [0.15, 0.2) is 6.10 Å². The predicted molar refractivity (Wildman–Crippen MR) is 71.9 cm³/mol. The maximum absolute atomic E-state index is 11.7. The second kappa shape index (κ2) is 5.42. The summed E-state index contributed by atoms with van der Waals surface area (Å²) in [5.74, 6) is 0.797. The quantitative estimate of drug-likeness (QED) is 0.821. The highest BCUT2D eigenvalue weighted by Crippen LogP contribution is 2.25. The summed E-state index contributed by atoms with van der Waals surface area (Å²) in [4.78, 5) is 13.3. The molecular weight excluding hydrogens is 226 g/mol. The molecule has 1 atom stereocenters. The zero-order valence-electron chi connectivity index (χ0n) is 11.4. The Morgan fingerprint density at radius 3 is 2.56 bits per heavy atom. The highest BCUT2D eigenvalue weighted by Gasteiger charge is 2.17. The van der Waals surface area contributed by atoms with E-state index in [1.807, 2.05) is 6.07 Å². The van der Waals surface area contributed by atoms with E-state index < -0.39 is 6.10 Å². The molecule has 1 aliphatic carbocycles. The fourth-order valence-corrected chi connectivity index (χ4v) is 2.40. The molecule has 2 rings (SSSR count). The third-order valence-electron chi connectivity index (χ3n) is 3.42. The third-order valence-corrected chi connectivity index (χ3v) is 3.42. The number of carbonyl (C=O) groups is 1. The maximum atomic E-state index is 11.7. The van der Waals surface area contributed by atoms with Crippen molar-refractivity contribution in [3.8, 4) is 5.75 Å². The molecule has 0 aromatic heterocycles. The molecule has 0 aliphatic heterocycles. The highest BCUT2D eigenvalue weighted by atomic mass is 16.5. The normalized spacial score (nSPS) is 15.7. The molecule has 18 heavy (non-hydrogen) atoms. The molecule has 98 valence electrons. The molecule has 0 N–H and O–H groups in total. The first-order chi connectivity index (χ1) is 8.58. The van der Waals surface area contributed by atoms with Crippen LogP contribution in [-0.2, 0) is 17.6 Å². The van der Waals surface area contributed by atoms with Crippen LogP contribution in [0, 0.1) is 0 Å². The Morgan fingerprint density at radius 1 is 1.22 bits per heavy atom. The van der Waals surface area contributed by atoms with Gasteiger partial charge < -0.3 is 9.64 Å². The summed E-state index contributed by atoms with van der Waals surface area (Å²) in [7, 11) is 3.49. The maximum Gasteiger partial charge on any atom is 0.262 e. The molecule has 1 aromatic carbocycles. The van der Waals surface area contributed by atoms with Crippen LogP contribution in [0.1, 0.15) is 30.9 Å². The largest absolute Gasteiger partial charge is 0.481 e. The molecule has 0 saturated carbocycles. The molecule has 0 unspecified atom stereocenters. The molecular formula is C15H21NO2. The zero-order valence-corrected chi connectivity index (χ0v) is 11.4. The lowest BCUT2D eigenvalue weighted by Crippen LogP contribution is -2.35. The predicted octanol–water partition coefficient (Wildman–Crippen LogP) is 2.42. The van der Waals surface area contributed by atoms with E-state index in [1.165, 1.54) is 30.4 Å². The number of amides is 1. The van der Waals surface area contributed by atoms with E-state index in [-0.39, 0.29) is 5.91 Å². The van der Waals surface area contributed by atoms with Gasteiger partial charge in [-0.2, -0.15) is 0 Å². The van der Waals surface area contributed by atoms with Gasteiger partial charge in [-0.25, -0.2) is 0 Å². The summed E-state index contributed by atoms with van der Waals surface area (Å²) in [5.41, 5.74) is 2.81. The standard InChI is InChI=1S/C15H21NO2/c1-11(15(17)16(2)3)18-14-9-8-12-6-4-5-7-13(12)10-14/h8-11H,4-7H2,1-3H3/t11-/m1/s1. The molecule has 1 aromatic rings. The molecule has 0 saturated heterocycles. The SMILES string of the molecule is C[C@@H](Oc1ccc2c(c1)CCCC2)C(=O)N(C)C. The molecule has 0 bridgehead atoms. The molecule has 0 heterocycles. The van der Waals surface area contributed by atoms with E-state index in [1.54, 1.807) is 25.9 Å². The fourth-order valence-electron chi connectivity index (χ4n) is 2.40. The van der Waals surface area contributed by atoms with E-state index in [2.05, 4.69) is 12.1 Å². The monoisotopic (exact) mass is 247 g/mol. The van der Waals surface area contributed by atoms with Gasteiger partial charge in [0.1, 0.15) is 5.75 Å². The molecule has 1 aliphatic rings. The van der Waals surface area contributed by atoms with Crippen molar-refractivity contribution >= 4 is 5.91 Å². The Hall–Kier alpha value is -1.51. The number of hydrogen-bond acceptors (Lipinski definition) is 2. The molecule has 0 radical (unpaired) electrons. The second-order valence-corrected chi connectivity index (χ2v) is 5.13. The summed E-state index contributed by atoms with van der Waals surface area (Å²) in [5, 5.41) is 0. The molecule has 0 spiro atoms. The number of likely N-dealkylation sites (N-methyl/N-ethyl adjacent to an activating group) is 1. The number of nitrogens with zero attached hydrogens (tertiary/aromatic N) is 1. The van der Waals surface area contributed by atoms with E-state index in [4.69, 9.17) is 4.74 Å². The summed E-state index contributed by atoms with van der Waals surface area (Å²) < 4.78 is 5.71. The number of aryl methyl sites for hydroxylation is 2. The average Bonchev–Trinajstić information content (AvgIpc) is 2.37. The number of carbonyl (C=O) groups excluding carboxylic acids is 1. The minimum Gasteiger partial charge on any atom is -0.481 e. The number of fused-ring (bicyclic) bond motifs is 1. The number of ether oxygens (including phenoxy) is 1. The van der Waals surface area contributed by atoms with Crippen LogP contribution in [0.15, 0.2) is 18.2 Å². The van der Waals surface area contributed by atoms with Crippen LogP contribution in [0.3, 0.4) is 0 Å². The Balaban J connectivity index is 2.08. The molecule has 3 nitrogen and oxygen atoms in total. The van der Waals surface area contributed by atoms with Crippen molar-refractivity contribution in [2.24, 2.45) is 0 Å². The number of benzene rings is 1.